The van der Waals surface area contributed by atoms with Crippen molar-refractivity contribution in [1.82, 2.24) is 4.98 Å². The largest absolute Gasteiger partial charge is 0.297 e. The van der Waals surface area contributed by atoms with E-state index in [0.717, 1.165) is 16.9 Å². The lowest BCUT2D eigenvalue weighted by atomic mass is 10.1. The van der Waals surface area contributed by atoms with Crippen LogP contribution in [0.3, 0.4) is 0 Å². The van der Waals surface area contributed by atoms with Gasteiger partial charge in [-0.25, -0.2) is 4.98 Å². The molecule has 0 unspecified atom stereocenters. The van der Waals surface area contributed by atoms with Crippen LogP contribution >= 0.6 is 11.3 Å². The lowest BCUT2D eigenvalue weighted by Crippen LogP contribution is -1.82. The molecule has 0 fully saturated rings. The summed E-state index contributed by atoms with van der Waals surface area (Å²) in [6.07, 6.45) is 2.45. The van der Waals surface area contributed by atoms with E-state index in [4.69, 9.17) is 0 Å². The van der Waals surface area contributed by atoms with Gasteiger partial charge >= 0.3 is 0 Å². The average molecular weight is 217 g/mol. The van der Waals surface area contributed by atoms with Crippen LogP contribution in [0.2, 0.25) is 0 Å². The highest BCUT2D eigenvalue weighted by Crippen LogP contribution is 2.25. The van der Waals surface area contributed by atoms with Gasteiger partial charge in [0, 0.05) is 11.8 Å². The standard InChI is InChI=1S/C12H11NOS/c1-8-3-4-10(5-9(8)2)12-13-6-11(7-14)15-12/h3-7H,1-2H3. The first-order valence-corrected chi connectivity index (χ1v) is 5.51. The Bertz CT molecular complexity index is 502. The van der Waals surface area contributed by atoms with Crippen LogP contribution in [0.25, 0.3) is 10.6 Å². The summed E-state index contributed by atoms with van der Waals surface area (Å²) >= 11 is 1.42. The maximum atomic E-state index is 10.5. The van der Waals surface area contributed by atoms with Crippen molar-refractivity contribution in [3.63, 3.8) is 0 Å². The van der Waals surface area contributed by atoms with Crippen LogP contribution in [0.4, 0.5) is 0 Å². The molecule has 76 valence electrons. The molecule has 3 heteroatoms. The first-order valence-electron chi connectivity index (χ1n) is 4.69. The second-order valence-electron chi connectivity index (χ2n) is 3.48. The molecule has 0 spiro atoms. The average Bonchev–Trinajstić information content (AvgIpc) is 2.70. The maximum absolute atomic E-state index is 10.5. The number of nitrogens with zero attached hydrogens (tertiary/aromatic N) is 1. The topological polar surface area (TPSA) is 30.0 Å². The molecule has 0 aliphatic carbocycles. The Balaban J connectivity index is 2.44. The van der Waals surface area contributed by atoms with Crippen molar-refractivity contribution in [3.8, 4) is 10.6 Å². The third-order valence-electron chi connectivity index (χ3n) is 2.39. The highest BCUT2D eigenvalue weighted by molar-refractivity contribution is 7.16. The fourth-order valence-corrected chi connectivity index (χ4v) is 2.08. The van der Waals surface area contributed by atoms with Crippen LogP contribution in [-0.2, 0) is 0 Å². The van der Waals surface area contributed by atoms with Crippen LogP contribution in [0, 0.1) is 13.8 Å². The van der Waals surface area contributed by atoms with E-state index in [2.05, 4.69) is 31.0 Å². The predicted octanol–water partition coefficient (Wildman–Crippen LogP) is 3.24. The van der Waals surface area contributed by atoms with E-state index in [9.17, 15) is 4.79 Å². The van der Waals surface area contributed by atoms with Gasteiger partial charge in [-0.15, -0.1) is 11.3 Å². The molecule has 0 saturated heterocycles. The number of thiazole rings is 1. The number of aldehydes is 1. The van der Waals surface area contributed by atoms with Crippen molar-refractivity contribution < 1.29 is 4.79 Å². The highest BCUT2D eigenvalue weighted by Gasteiger charge is 2.04. The minimum Gasteiger partial charge on any atom is -0.297 e. The van der Waals surface area contributed by atoms with E-state index in [1.165, 1.54) is 22.5 Å². The first-order chi connectivity index (χ1) is 7.20. The van der Waals surface area contributed by atoms with Gasteiger partial charge in [0.25, 0.3) is 0 Å². The Morgan fingerprint density at radius 2 is 2.07 bits per heavy atom. The fourth-order valence-electron chi connectivity index (χ4n) is 1.35. The van der Waals surface area contributed by atoms with Crippen LogP contribution in [0.15, 0.2) is 24.4 Å². The van der Waals surface area contributed by atoms with E-state index in [1.54, 1.807) is 6.20 Å². The summed E-state index contributed by atoms with van der Waals surface area (Å²) in [5.74, 6) is 0. The third kappa shape index (κ3) is 1.97. The van der Waals surface area contributed by atoms with E-state index < -0.39 is 0 Å². The Morgan fingerprint density at radius 3 is 2.67 bits per heavy atom. The summed E-state index contributed by atoms with van der Waals surface area (Å²) in [5, 5.41) is 0.903. The van der Waals surface area contributed by atoms with E-state index in [0.29, 0.717) is 4.88 Å². The maximum Gasteiger partial charge on any atom is 0.161 e. The molecule has 2 rings (SSSR count). The predicted molar refractivity (Wildman–Crippen MR) is 62.4 cm³/mol. The van der Waals surface area contributed by atoms with Gasteiger partial charge in [-0.1, -0.05) is 12.1 Å². The second kappa shape index (κ2) is 3.95. The van der Waals surface area contributed by atoms with Crippen molar-refractivity contribution in [2.75, 3.05) is 0 Å². The Kier molecular flexibility index (Phi) is 2.64. The molecule has 0 aliphatic rings. The second-order valence-corrected chi connectivity index (χ2v) is 4.55. The molecule has 0 amide bonds. The molecule has 0 aliphatic heterocycles. The summed E-state index contributed by atoms with van der Waals surface area (Å²) in [6.45, 7) is 4.16. The summed E-state index contributed by atoms with van der Waals surface area (Å²) in [7, 11) is 0. The Morgan fingerprint density at radius 1 is 1.27 bits per heavy atom. The molecule has 1 heterocycles. The van der Waals surface area contributed by atoms with Gasteiger partial charge in [-0.3, -0.25) is 4.79 Å². The van der Waals surface area contributed by atoms with Gasteiger partial charge in [0.2, 0.25) is 0 Å². The molecular weight excluding hydrogens is 206 g/mol. The molecule has 0 bridgehead atoms. The fraction of sp³-hybridized carbons (Fsp3) is 0.167. The molecule has 1 aromatic carbocycles. The number of hydrogen-bond donors (Lipinski definition) is 0. The third-order valence-corrected chi connectivity index (χ3v) is 3.37. The van der Waals surface area contributed by atoms with Gasteiger partial charge in [-0.05, 0) is 31.0 Å². The van der Waals surface area contributed by atoms with Crippen molar-refractivity contribution in [2.45, 2.75) is 13.8 Å². The molecule has 0 atom stereocenters. The molecular formula is C12H11NOS. The van der Waals surface area contributed by atoms with E-state index in [-0.39, 0.29) is 0 Å². The van der Waals surface area contributed by atoms with Gasteiger partial charge in [0.05, 0.1) is 4.88 Å². The van der Waals surface area contributed by atoms with E-state index in [1.807, 2.05) is 6.07 Å². The number of rotatable bonds is 2. The smallest absolute Gasteiger partial charge is 0.161 e. The normalized spacial score (nSPS) is 10.3. The summed E-state index contributed by atoms with van der Waals surface area (Å²) in [6, 6.07) is 6.21. The van der Waals surface area contributed by atoms with Crippen molar-refractivity contribution in [1.29, 1.82) is 0 Å². The van der Waals surface area contributed by atoms with Gasteiger partial charge < -0.3 is 0 Å². The first kappa shape index (κ1) is 10.1. The molecule has 0 saturated carbocycles. The lowest BCUT2D eigenvalue weighted by Gasteiger charge is -2.01. The Hall–Kier alpha value is -1.48. The highest BCUT2D eigenvalue weighted by atomic mass is 32.1. The summed E-state index contributed by atoms with van der Waals surface area (Å²) < 4.78 is 0. The van der Waals surface area contributed by atoms with Gasteiger partial charge in [-0.2, -0.15) is 0 Å². The minimum atomic E-state index is 0.670. The summed E-state index contributed by atoms with van der Waals surface area (Å²) in [4.78, 5) is 15.4. The zero-order valence-corrected chi connectivity index (χ0v) is 9.47. The number of benzene rings is 1. The van der Waals surface area contributed by atoms with Crippen molar-refractivity contribution >= 4 is 17.6 Å². The van der Waals surface area contributed by atoms with Crippen molar-refractivity contribution in [2.24, 2.45) is 0 Å². The lowest BCUT2D eigenvalue weighted by molar-refractivity contribution is 0.112. The van der Waals surface area contributed by atoms with Crippen LogP contribution in [0.5, 0.6) is 0 Å². The quantitative estimate of drug-likeness (QED) is 0.723. The van der Waals surface area contributed by atoms with Crippen LogP contribution in [-0.4, -0.2) is 11.3 Å². The SMILES string of the molecule is Cc1ccc(-c2ncc(C=O)s2)cc1C. The molecule has 0 radical (unpaired) electrons. The number of aromatic nitrogens is 1. The zero-order chi connectivity index (χ0) is 10.8. The summed E-state index contributed by atoms with van der Waals surface area (Å²) in [5.41, 5.74) is 3.59. The van der Waals surface area contributed by atoms with Gasteiger partial charge in [0.1, 0.15) is 5.01 Å². The Labute approximate surface area is 92.6 Å². The zero-order valence-electron chi connectivity index (χ0n) is 8.65. The molecule has 2 aromatic rings. The minimum absolute atomic E-state index is 0.670. The van der Waals surface area contributed by atoms with Gasteiger partial charge in [0.15, 0.2) is 6.29 Å². The van der Waals surface area contributed by atoms with Crippen LogP contribution in [0.1, 0.15) is 20.8 Å². The number of carbonyl (C=O) groups excluding carboxylic acids is 1. The van der Waals surface area contributed by atoms with E-state index >= 15 is 0 Å². The molecule has 15 heavy (non-hydrogen) atoms. The molecule has 1 aromatic heterocycles. The molecule has 2 nitrogen and oxygen atoms in total. The van der Waals surface area contributed by atoms with Crippen molar-refractivity contribution in [3.05, 3.63) is 40.4 Å². The number of carbonyl (C=O) groups is 1. The molecule has 0 N–H and O–H groups in total. The number of hydrogen-bond acceptors (Lipinski definition) is 3. The van der Waals surface area contributed by atoms with Crippen LogP contribution < -0.4 is 0 Å². The number of aryl methyl sites for hydroxylation is 2. The monoisotopic (exact) mass is 217 g/mol.